The number of amides is 1. The lowest BCUT2D eigenvalue weighted by molar-refractivity contribution is -0.132. The first kappa shape index (κ1) is 31.3. The number of hydrogen-bond donors (Lipinski definition) is 2. The summed E-state index contributed by atoms with van der Waals surface area (Å²) in [5.41, 5.74) is 5.24. The second-order valence-electron chi connectivity index (χ2n) is 12.1. The Hall–Kier alpha value is -3.17. The maximum Gasteiger partial charge on any atom is 0.346 e. The van der Waals surface area contributed by atoms with Crippen LogP contribution in [0.15, 0.2) is 54.6 Å². The number of hydrogen-bond acceptors (Lipinski definition) is 5. The van der Waals surface area contributed by atoms with E-state index in [1.165, 1.54) is 11.3 Å². The number of nitrogens with zero attached hydrogens (tertiary/aromatic N) is 3. The first-order chi connectivity index (χ1) is 20.6. The van der Waals surface area contributed by atoms with Crippen LogP contribution in [-0.2, 0) is 17.9 Å². The number of halogens is 1. The molecule has 1 aliphatic rings. The van der Waals surface area contributed by atoms with Crippen molar-refractivity contribution >= 4 is 45.0 Å². The highest BCUT2D eigenvalue weighted by Gasteiger charge is 2.33. The number of carboxylic acids is 1. The predicted molar refractivity (Wildman–Crippen MR) is 177 cm³/mol. The van der Waals surface area contributed by atoms with Crippen LogP contribution in [0.2, 0.25) is 5.02 Å². The molecule has 9 heteroatoms. The van der Waals surface area contributed by atoms with Crippen molar-refractivity contribution in [2.24, 2.45) is 5.92 Å². The fourth-order valence-corrected chi connectivity index (χ4v) is 7.39. The number of carbonyl (C=O) groups is 2. The van der Waals surface area contributed by atoms with E-state index >= 15 is 0 Å². The zero-order valence-corrected chi connectivity index (χ0v) is 27.1. The second kappa shape index (κ2) is 13.2. The van der Waals surface area contributed by atoms with Gasteiger partial charge in [0.15, 0.2) is 0 Å². The lowest BCUT2D eigenvalue weighted by atomic mass is 10.0. The molecule has 1 fully saturated rings. The minimum atomic E-state index is -0.954. The van der Waals surface area contributed by atoms with Gasteiger partial charge in [0.25, 0.3) is 0 Å². The molecule has 0 saturated carbocycles. The van der Waals surface area contributed by atoms with Gasteiger partial charge in [-0.05, 0) is 56.0 Å². The minimum absolute atomic E-state index is 0.00601. The van der Waals surface area contributed by atoms with Crippen LogP contribution in [0.1, 0.15) is 49.4 Å². The molecule has 228 valence electrons. The van der Waals surface area contributed by atoms with E-state index in [9.17, 15) is 14.7 Å². The van der Waals surface area contributed by atoms with Gasteiger partial charge in [-0.3, -0.25) is 9.69 Å². The summed E-state index contributed by atoms with van der Waals surface area (Å²) in [5.74, 6) is -0.540. The largest absolute Gasteiger partial charge is 0.477 e. The number of aromatic carboxylic acids is 1. The van der Waals surface area contributed by atoms with Crippen molar-refractivity contribution in [1.29, 1.82) is 0 Å². The lowest BCUT2D eigenvalue weighted by Gasteiger charge is -2.27. The standard InChI is InChI=1S/C34H41ClN4O3S/c1-21(2)17-36-18-27-31-33(43-32(27)34(41)42)29(23-9-7-6-8-10-23)30(24-11-13-25(35)14-12-24)39(31)20-28(40)37(5)26-15-16-38(19-26)22(3)4/h6-14,21-22,26,36H,15-20H2,1-5H3,(H,41,42). The van der Waals surface area contributed by atoms with Gasteiger partial charge >= 0.3 is 5.97 Å². The molecule has 1 saturated heterocycles. The van der Waals surface area contributed by atoms with Crippen LogP contribution in [0.25, 0.3) is 32.6 Å². The first-order valence-corrected chi connectivity index (χ1v) is 16.2. The highest BCUT2D eigenvalue weighted by Crippen LogP contribution is 2.47. The molecule has 0 spiro atoms. The number of rotatable bonds is 11. The van der Waals surface area contributed by atoms with Crippen molar-refractivity contribution in [2.75, 3.05) is 26.7 Å². The van der Waals surface area contributed by atoms with Gasteiger partial charge in [0, 0.05) is 54.9 Å². The summed E-state index contributed by atoms with van der Waals surface area (Å²) < 4.78 is 2.93. The van der Waals surface area contributed by atoms with Crippen LogP contribution >= 0.6 is 22.9 Å². The summed E-state index contributed by atoms with van der Waals surface area (Å²) in [7, 11) is 1.90. The van der Waals surface area contributed by atoms with Gasteiger partial charge in [-0.15, -0.1) is 11.3 Å². The molecule has 0 bridgehead atoms. The molecule has 0 radical (unpaired) electrons. The van der Waals surface area contributed by atoms with Gasteiger partial charge in [-0.2, -0.15) is 0 Å². The molecule has 5 rings (SSSR count). The molecule has 2 aromatic carbocycles. The van der Waals surface area contributed by atoms with Crippen molar-refractivity contribution in [2.45, 2.75) is 59.3 Å². The Morgan fingerprint density at radius 2 is 1.77 bits per heavy atom. The molecule has 1 aliphatic heterocycles. The molecule has 4 aromatic rings. The van der Waals surface area contributed by atoms with E-state index in [0.717, 1.165) is 58.7 Å². The Balaban J connectivity index is 1.71. The molecule has 1 atom stereocenters. The summed E-state index contributed by atoms with van der Waals surface area (Å²) in [6, 6.07) is 18.3. The van der Waals surface area contributed by atoms with E-state index in [1.807, 2.05) is 66.5 Å². The van der Waals surface area contributed by atoms with Gasteiger partial charge in [-0.1, -0.05) is 67.9 Å². The van der Waals surface area contributed by atoms with Gasteiger partial charge in [0.2, 0.25) is 5.91 Å². The molecular formula is C34H41ClN4O3S. The Morgan fingerprint density at radius 1 is 1.07 bits per heavy atom. The number of nitrogens with one attached hydrogen (secondary N) is 1. The average Bonchev–Trinajstić information content (AvgIpc) is 3.68. The highest BCUT2D eigenvalue weighted by atomic mass is 35.5. The van der Waals surface area contributed by atoms with E-state index < -0.39 is 5.97 Å². The maximum absolute atomic E-state index is 14.1. The van der Waals surface area contributed by atoms with Gasteiger partial charge < -0.3 is 19.9 Å². The normalized spacial score (nSPS) is 15.7. The molecule has 1 amide bonds. The lowest BCUT2D eigenvalue weighted by Crippen LogP contribution is -2.41. The van der Waals surface area contributed by atoms with E-state index in [2.05, 4.69) is 42.5 Å². The highest BCUT2D eigenvalue weighted by molar-refractivity contribution is 7.21. The van der Waals surface area contributed by atoms with Crippen LogP contribution < -0.4 is 5.32 Å². The van der Waals surface area contributed by atoms with Crippen LogP contribution in [0, 0.1) is 5.92 Å². The van der Waals surface area contributed by atoms with Crippen LogP contribution in [-0.4, -0.2) is 70.1 Å². The topological polar surface area (TPSA) is 77.8 Å². The van der Waals surface area contributed by atoms with Crippen molar-refractivity contribution in [3.8, 4) is 22.4 Å². The van der Waals surface area contributed by atoms with E-state index in [-0.39, 0.29) is 18.5 Å². The third kappa shape index (κ3) is 6.53. The third-order valence-corrected chi connectivity index (χ3v) is 9.85. The maximum atomic E-state index is 14.1. The van der Waals surface area contributed by atoms with Crippen molar-refractivity contribution in [3.63, 3.8) is 0 Å². The Bertz CT molecular complexity index is 1590. The molecule has 2 aromatic heterocycles. The minimum Gasteiger partial charge on any atom is -0.477 e. The second-order valence-corrected chi connectivity index (χ2v) is 13.6. The van der Waals surface area contributed by atoms with E-state index in [4.69, 9.17) is 11.6 Å². The van der Waals surface area contributed by atoms with Crippen molar-refractivity contribution in [3.05, 3.63) is 70.1 Å². The third-order valence-electron chi connectivity index (χ3n) is 8.37. The Kier molecular flexibility index (Phi) is 9.61. The first-order valence-electron chi connectivity index (χ1n) is 15.0. The number of likely N-dealkylation sites (N-methyl/N-ethyl adjacent to an activating group) is 1. The number of fused-ring (bicyclic) bond motifs is 1. The zero-order chi connectivity index (χ0) is 30.8. The number of carbonyl (C=O) groups excluding carboxylic acids is 1. The predicted octanol–water partition coefficient (Wildman–Crippen LogP) is 7.08. The fraction of sp³-hybridized carbons (Fsp3) is 0.412. The Labute approximate surface area is 263 Å². The number of thiophene rings is 1. The molecule has 0 aliphatic carbocycles. The Morgan fingerprint density at radius 3 is 2.37 bits per heavy atom. The number of carboxylic acid groups (broad SMARTS) is 1. The van der Waals surface area contributed by atoms with Gasteiger partial charge in [0.1, 0.15) is 11.4 Å². The van der Waals surface area contributed by atoms with E-state index in [0.29, 0.717) is 34.0 Å². The summed E-state index contributed by atoms with van der Waals surface area (Å²) >= 11 is 7.60. The zero-order valence-electron chi connectivity index (χ0n) is 25.6. The SMILES string of the molecule is CC(C)CNCc1c(C(=O)O)sc2c(-c3ccccc3)c(-c3ccc(Cl)cc3)n(CC(=O)N(C)C3CCN(C(C)C)C3)c12. The summed E-state index contributed by atoms with van der Waals surface area (Å²) in [6.45, 7) is 11.7. The quantitative estimate of drug-likeness (QED) is 0.187. The number of likely N-dealkylation sites (tertiary alicyclic amines) is 1. The monoisotopic (exact) mass is 620 g/mol. The van der Waals surface area contributed by atoms with Gasteiger partial charge in [0.05, 0.1) is 15.9 Å². The smallest absolute Gasteiger partial charge is 0.346 e. The molecule has 43 heavy (non-hydrogen) atoms. The summed E-state index contributed by atoms with van der Waals surface area (Å²) in [4.78, 5) is 31.3. The van der Waals surface area contributed by atoms with Crippen LogP contribution in [0.3, 0.4) is 0 Å². The molecule has 2 N–H and O–H groups in total. The van der Waals surface area contributed by atoms with E-state index in [1.54, 1.807) is 0 Å². The fourth-order valence-electron chi connectivity index (χ4n) is 6.03. The average molecular weight is 621 g/mol. The molecule has 7 nitrogen and oxygen atoms in total. The van der Waals surface area contributed by atoms with Crippen LogP contribution in [0.4, 0.5) is 0 Å². The van der Waals surface area contributed by atoms with Crippen molar-refractivity contribution < 1.29 is 14.7 Å². The molecular weight excluding hydrogens is 580 g/mol. The number of benzene rings is 2. The summed E-state index contributed by atoms with van der Waals surface area (Å²) in [5, 5.41) is 14.4. The molecule has 3 heterocycles. The van der Waals surface area contributed by atoms with Gasteiger partial charge in [-0.25, -0.2) is 4.79 Å². The summed E-state index contributed by atoms with van der Waals surface area (Å²) in [6.07, 6.45) is 0.937. The van der Waals surface area contributed by atoms with Crippen molar-refractivity contribution in [1.82, 2.24) is 19.7 Å². The van der Waals surface area contributed by atoms with Crippen LogP contribution in [0.5, 0.6) is 0 Å². The molecule has 1 unspecified atom stereocenters. The number of aromatic nitrogens is 1.